The lowest BCUT2D eigenvalue weighted by Gasteiger charge is -2.19. The van der Waals surface area contributed by atoms with Crippen LogP contribution in [0.1, 0.15) is 29.4 Å². The molecule has 138 valence electrons. The van der Waals surface area contributed by atoms with E-state index in [1.165, 1.54) is 17.5 Å². The number of rotatable bonds is 3. The number of hydrogen-bond donors (Lipinski definition) is 5. The summed E-state index contributed by atoms with van der Waals surface area (Å²) in [6.07, 6.45) is 0.316. The predicted molar refractivity (Wildman–Crippen MR) is 89.8 cm³/mol. The molecule has 9 nitrogen and oxygen atoms in total. The molecule has 0 saturated carbocycles. The van der Waals surface area contributed by atoms with Crippen LogP contribution in [0.2, 0.25) is 0 Å². The van der Waals surface area contributed by atoms with Crippen molar-refractivity contribution < 1.29 is 30.0 Å². The Kier molecular flexibility index (Phi) is 5.12. The second kappa shape index (κ2) is 7.32. The fourth-order valence-corrected chi connectivity index (χ4v) is 3.44. The maximum absolute atomic E-state index is 9.77. The number of aliphatic hydroxyl groups is 2. The van der Waals surface area contributed by atoms with Crippen molar-refractivity contribution in [2.45, 2.75) is 30.5 Å². The van der Waals surface area contributed by atoms with E-state index in [1.54, 1.807) is 12.4 Å². The number of aromatic nitrogens is 2. The SMILES string of the molecule is O=C(O)[C@H](O)[C@@H](O)C(=O)O.c1cnc2cc3c(cc2n1)C1CNC[C@@H]3C1. The van der Waals surface area contributed by atoms with Gasteiger partial charge in [0.25, 0.3) is 0 Å². The van der Waals surface area contributed by atoms with Gasteiger partial charge in [-0.3, -0.25) is 9.97 Å². The Hall–Kier alpha value is -2.62. The molecular weight excluding hydrogens is 342 g/mol. The minimum atomic E-state index is -2.27. The number of aliphatic hydroxyl groups excluding tert-OH is 2. The lowest BCUT2D eigenvalue weighted by atomic mass is 9.98. The van der Waals surface area contributed by atoms with Gasteiger partial charge in [0.15, 0.2) is 12.2 Å². The summed E-state index contributed by atoms with van der Waals surface area (Å²) < 4.78 is 0. The van der Waals surface area contributed by atoms with E-state index in [9.17, 15) is 9.59 Å². The van der Waals surface area contributed by atoms with Crippen LogP contribution < -0.4 is 5.32 Å². The zero-order valence-corrected chi connectivity index (χ0v) is 13.7. The van der Waals surface area contributed by atoms with Crippen LogP contribution in [0.25, 0.3) is 11.0 Å². The Bertz CT molecular complexity index is 776. The third-order valence-corrected chi connectivity index (χ3v) is 4.71. The van der Waals surface area contributed by atoms with Crippen molar-refractivity contribution in [2.24, 2.45) is 0 Å². The zero-order valence-electron chi connectivity index (χ0n) is 13.7. The molecule has 2 bridgehead atoms. The molecule has 0 radical (unpaired) electrons. The van der Waals surface area contributed by atoms with E-state index >= 15 is 0 Å². The van der Waals surface area contributed by atoms with Crippen LogP contribution in [0.4, 0.5) is 0 Å². The van der Waals surface area contributed by atoms with E-state index in [4.69, 9.17) is 20.4 Å². The van der Waals surface area contributed by atoms with E-state index in [0.717, 1.165) is 24.1 Å². The lowest BCUT2D eigenvalue weighted by molar-refractivity contribution is -0.165. The highest BCUT2D eigenvalue weighted by Gasteiger charge is 2.34. The van der Waals surface area contributed by atoms with E-state index in [-0.39, 0.29) is 0 Å². The van der Waals surface area contributed by atoms with Crippen molar-refractivity contribution in [3.63, 3.8) is 0 Å². The minimum absolute atomic E-state index is 0.695. The normalized spacial score (nSPS) is 22.7. The van der Waals surface area contributed by atoms with Crippen molar-refractivity contribution in [3.8, 4) is 0 Å². The van der Waals surface area contributed by atoms with Gasteiger partial charge in [-0.25, -0.2) is 9.59 Å². The van der Waals surface area contributed by atoms with Gasteiger partial charge in [0.1, 0.15) is 0 Å². The quantitative estimate of drug-likeness (QED) is 0.495. The van der Waals surface area contributed by atoms with Crippen molar-refractivity contribution in [1.82, 2.24) is 15.3 Å². The predicted octanol–water partition coefficient (Wildman–Crippen LogP) is -0.319. The second-order valence-corrected chi connectivity index (χ2v) is 6.38. The van der Waals surface area contributed by atoms with Crippen LogP contribution in [0.15, 0.2) is 24.5 Å². The Labute approximate surface area is 148 Å². The number of fused-ring (bicyclic) bond motifs is 6. The van der Waals surface area contributed by atoms with Crippen LogP contribution >= 0.6 is 0 Å². The summed E-state index contributed by atoms with van der Waals surface area (Å²) in [5.41, 5.74) is 5.08. The summed E-state index contributed by atoms with van der Waals surface area (Å²) in [5, 5.41) is 36.0. The number of carbonyl (C=O) groups is 2. The molecule has 1 aromatic heterocycles. The largest absolute Gasteiger partial charge is 0.479 e. The van der Waals surface area contributed by atoms with Crippen LogP contribution in [0, 0.1) is 0 Å². The van der Waals surface area contributed by atoms with E-state index in [2.05, 4.69) is 27.4 Å². The van der Waals surface area contributed by atoms with Gasteiger partial charge in [-0.1, -0.05) is 0 Å². The Morgan fingerprint density at radius 1 is 0.923 bits per heavy atom. The first-order valence-corrected chi connectivity index (χ1v) is 8.15. The van der Waals surface area contributed by atoms with Crippen LogP contribution in [-0.4, -0.2) is 67.6 Å². The lowest BCUT2D eigenvalue weighted by Crippen LogP contribution is -2.39. The minimum Gasteiger partial charge on any atom is -0.479 e. The van der Waals surface area contributed by atoms with Gasteiger partial charge in [-0.15, -0.1) is 0 Å². The maximum Gasteiger partial charge on any atom is 0.335 e. The number of nitrogens with one attached hydrogen (secondary N) is 1. The van der Waals surface area contributed by atoms with Crippen molar-refractivity contribution in [3.05, 3.63) is 35.7 Å². The number of piperidine rings is 1. The number of aliphatic carboxylic acids is 2. The number of carboxylic acid groups (broad SMARTS) is 2. The van der Waals surface area contributed by atoms with E-state index in [0.29, 0.717) is 11.8 Å². The molecule has 9 heteroatoms. The van der Waals surface area contributed by atoms with Crippen LogP contribution in [0.3, 0.4) is 0 Å². The van der Waals surface area contributed by atoms with Gasteiger partial charge in [0.05, 0.1) is 11.0 Å². The summed E-state index contributed by atoms with van der Waals surface area (Å²) in [6, 6.07) is 4.49. The molecule has 26 heavy (non-hydrogen) atoms. The first kappa shape index (κ1) is 18.2. The first-order chi connectivity index (χ1) is 12.4. The molecule has 1 aromatic carbocycles. The molecule has 1 fully saturated rings. The van der Waals surface area contributed by atoms with Gasteiger partial charge in [0, 0.05) is 25.5 Å². The standard InChI is InChI=1S/C13H13N3.C4H6O6/c1-2-16-13-5-11-9-3-8(6-14-7-9)10(11)4-12(13)15-1;5-1(3(7)8)2(6)4(9)10/h1-2,4-5,8-9,14H,3,6-7H2;1-2,5-6H,(H,7,8)(H,9,10)/t8-,9?;1-,2-/m01/s1. The Morgan fingerprint density at radius 2 is 1.35 bits per heavy atom. The number of nitrogens with zero attached hydrogens (tertiary/aromatic N) is 2. The molecule has 1 unspecified atom stereocenters. The molecule has 1 saturated heterocycles. The van der Waals surface area contributed by atoms with Crippen molar-refractivity contribution in [2.75, 3.05) is 13.1 Å². The molecule has 2 heterocycles. The third-order valence-electron chi connectivity index (χ3n) is 4.71. The maximum atomic E-state index is 9.77. The highest BCUT2D eigenvalue weighted by molar-refractivity contribution is 5.83. The number of carboxylic acids is 2. The molecule has 2 aromatic rings. The summed E-state index contributed by atoms with van der Waals surface area (Å²) in [6.45, 7) is 2.24. The first-order valence-electron chi connectivity index (χ1n) is 8.15. The molecule has 4 atom stereocenters. The zero-order chi connectivity index (χ0) is 18.8. The highest BCUT2D eigenvalue weighted by atomic mass is 16.4. The fourth-order valence-electron chi connectivity index (χ4n) is 3.44. The number of hydrogen-bond acceptors (Lipinski definition) is 7. The number of benzene rings is 1. The highest BCUT2D eigenvalue weighted by Crippen LogP contribution is 2.44. The van der Waals surface area contributed by atoms with Crippen LogP contribution in [0.5, 0.6) is 0 Å². The second-order valence-electron chi connectivity index (χ2n) is 6.38. The topological polar surface area (TPSA) is 153 Å². The third kappa shape index (κ3) is 3.50. The summed E-state index contributed by atoms with van der Waals surface area (Å²) >= 11 is 0. The Morgan fingerprint density at radius 3 is 1.73 bits per heavy atom. The van der Waals surface area contributed by atoms with Gasteiger partial charge < -0.3 is 25.7 Å². The molecule has 0 spiro atoms. The van der Waals surface area contributed by atoms with E-state index < -0.39 is 24.1 Å². The summed E-state index contributed by atoms with van der Waals surface area (Å²) in [5.74, 6) is -2.15. The molecule has 2 aliphatic rings. The van der Waals surface area contributed by atoms with Crippen molar-refractivity contribution >= 4 is 23.0 Å². The Balaban J connectivity index is 0.000000172. The molecular formula is C17H19N3O6. The fraction of sp³-hybridized carbons (Fsp3) is 0.412. The summed E-state index contributed by atoms with van der Waals surface area (Å²) in [7, 11) is 0. The average molecular weight is 361 g/mol. The smallest absolute Gasteiger partial charge is 0.335 e. The van der Waals surface area contributed by atoms with Gasteiger partial charge in [-0.05, 0) is 41.5 Å². The molecule has 1 aliphatic carbocycles. The molecule has 1 aliphatic heterocycles. The van der Waals surface area contributed by atoms with Crippen LogP contribution in [-0.2, 0) is 9.59 Å². The van der Waals surface area contributed by atoms with Crippen molar-refractivity contribution in [1.29, 1.82) is 0 Å². The molecule has 4 rings (SSSR count). The molecule has 0 amide bonds. The monoisotopic (exact) mass is 361 g/mol. The van der Waals surface area contributed by atoms with E-state index in [1.807, 2.05) is 0 Å². The summed E-state index contributed by atoms with van der Waals surface area (Å²) in [4.78, 5) is 28.3. The van der Waals surface area contributed by atoms with Gasteiger partial charge in [-0.2, -0.15) is 0 Å². The molecule has 5 N–H and O–H groups in total. The van der Waals surface area contributed by atoms with Gasteiger partial charge in [0.2, 0.25) is 0 Å². The van der Waals surface area contributed by atoms with Gasteiger partial charge >= 0.3 is 11.9 Å². The average Bonchev–Trinajstić information content (AvgIpc) is 2.88.